The predicted octanol–water partition coefficient (Wildman–Crippen LogP) is 3.24. The average molecular weight is 203 g/mol. The fraction of sp³-hybridized carbons (Fsp3) is 0.500. The lowest BCUT2D eigenvalue weighted by Crippen LogP contribution is -1.91. The number of hydrogen-bond donors (Lipinski definition) is 0. The summed E-state index contributed by atoms with van der Waals surface area (Å²) in [4.78, 5) is 0. The Hall–Kier alpha value is -0.240. The highest BCUT2D eigenvalue weighted by atomic mass is 79.9. The van der Waals surface area contributed by atoms with Crippen molar-refractivity contribution in [3.63, 3.8) is 0 Å². The first-order chi connectivity index (χ1) is 4.70. The molecule has 1 heterocycles. The van der Waals surface area contributed by atoms with Crippen LogP contribution in [0, 0.1) is 5.92 Å². The van der Waals surface area contributed by atoms with E-state index in [1.807, 2.05) is 6.07 Å². The maximum absolute atomic E-state index is 5.08. The first kappa shape index (κ1) is 7.86. The van der Waals surface area contributed by atoms with E-state index in [0.717, 1.165) is 11.1 Å². The third-order valence-corrected chi connectivity index (χ3v) is 2.02. The van der Waals surface area contributed by atoms with Crippen LogP contribution in [-0.2, 0) is 6.42 Å². The lowest BCUT2D eigenvalue weighted by Gasteiger charge is -2.00. The highest BCUT2D eigenvalue weighted by molar-refractivity contribution is 9.10. The van der Waals surface area contributed by atoms with E-state index in [-0.39, 0.29) is 0 Å². The average Bonchev–Trinajstić information content (AvgIpc) is 2.15. The molecule has 0 bridgehead atoms. The number of furan rings is 1. The summed E-state index contributed by atoms with van der Waals surface area (Å²) in [5.74, 6) is 0.689. The van der Waals surface area contributed by atoms with Crippen LogP contribution in [0.4, 0.5) is 0 Å². The molecule has 0 saturated carbocycles. The first-order valence-electron chi connectivity index (χ1n) is 3.42. The van der Waals surface area contributed by atoms with Crippen molar-refractivity contribution in [3.05, 3.63) is 22.6 Å². The minimum atomic E-state index is 0.689. The molecule has 0 N–H and O–H groups in total. The molecule has 0 atom stereocenters. The molecule has 0 aromatic carbocycles. The van der Waals surface area contributed by atoms with Gasteiger partial charge in [0.15, 0.2) is 4.67 Å². The van der Waals surface area contributed by atoms with Gasteiger partial charge in [0, 0.05) is 5.56 Å². The summed E-state index contributed by atoms with van der Waals surface area (Å²) in [6.45, 7) is 4.39. The van der Waals surface area contributed by atoms with Crippen LogP contribution in [0.15, 0.2) is 21.4 Å². The molecular formula is C8H11BrO. The van der Waals surface area contributed by atoms with Gasteiger partial charge in [0.1, 0.15) is 0 Å². The highest BCUT2D eigenvalue weighted by Crippen LogP contribution is 2.20. The van der Waals surface area contributed by atoms with Crippen LogP contribution in [0.25, 0.3) is 0 Å². The van der Waals surface area contributed by atoms with Gasteiger partial charge in [0.2, 0.25) is 0 Å². The molecule has 0 aliphatic rings. The smallest absolute Gasteiger partial charge is 0.172 e. The molecule has 0 spiro atoms. The van der Waals surface area contributed by atoms with Gasteiger partial charge in [0.25, 0.3) is 0 Å². The van der Waals surface area contributed by atoms with Gasteiger partial charge in [-0.15, -0.1) is 0 Å². The first-order valence-corrected chi connectivity index (χ1v) is 4.21. The van der Waals surface area contributed by atoms with E-state index >= 15 is 0 Å². The summed E-state index contributed by atoms with van der Waals surface area (Å²) in [6, 6.07) is 2.00. The molecule has 0 radical (unpaired) electrons. The molecule has 1 aromatic rings. The van der Waals surface area contributed by atoms with Crippen molar-refractivity contribution < 1.29 is 4.42 Å². The van der Waals surface area contributed by atoms with E-state index in [9.17, 15) is 0 Å². The van der Waals surface area contributed by atoms with Crippen molar-refractivity contribution in [2.24, 2.45) is 5.92 Å². The van der Waals surface area contributed by atoms with Crippen LogP contribution in [0.5, 0.6) is 0 Å². The van der Waals surface area contributed by atoms with E-state index in [0.29, 0.717) is 5.92 Å². The monoisotopic (exact) mass is 202 g/mol. The Balaban J connectivity index is 2.65. The third-order valence-electron chi connectivity index (χ3n) is 1.32. The van der Waals surface area contributed by atoms with Gasteiger partial charge in [-0.2, -0.15) is 0 Å². The molecule has 0 aliphatic carbocycles. The van der Waals surface area contributed by atoms with Crippen molar-refractivity contribution >= 4 is 15.9 Å². The van der Waals surface area contributed by atoms with Gasteiger partial charge in [-0.3, -0.25) is 0 Å². The van der Waals surface area contributed by atoms with Crippen molar-refractivity contribution in [1.82, 2.24) is 0 Å². The summed E-state index contributed by atoms with van der Waals surface area (Å²) in [7, 11) is 0. The molecule has 0 unspecified atom stereocenters. The Morgan fingerprint density at radius 3 is 2.70 bits per heavy atom. The zero-order valence-electron chi connectivity index (χ0n) is 6.23. The van der Waals surface area contributed by atoms with E-state index in [1.54, 1.807) is 6.26 Å². The van der Waals surface area contributed by atoms with Crippen molar-refractivity contribution in [2.45, 2.75) is 20.3 Å². The van der Waals surface area contributed by atoms with Crippen LogP contribution < -0.4 is 0 Å². The van der Waals surface area contributed by atoms with Gasteiger partial charge in [0.05, 0.1) is 6.26 Å². The molecule has 2 heteroatoms. The van der Waals surface area contributed by atoms with Gasteiger partial charge < -0.3 is 4.42 Å². The van der Waals surface area contributed by atoms with Gasteiger partial charge in [-0.25, -0.2) is 0 Å². The summed E-state index contributed by atoms with van der Waals surface area (Å²) in [5.41, 5.74) is 1.26. The molecule has 1 nitrogen and oxygen atoms in total. The maximum Gasteiger partial charge on any atom is 0.172 e. The Bertz CT molecular complexity index is 203. The van der Waals surface area contributed by atoms with Gasteiger partial charge in [-0.1, -0.05) is 13.8 Å². The Labute approximate surface area is 69.6 Å². The predicted molar refractivity (Wildman–Crippen MR) is 45.0 cm³/mol. The lowest BCUT2D eigenvalue weighted by atomic mass is 10.1. The zero-order chi connectivity index (χ0) is 7.56. The normalized spacial score (nSPS) is 10.8. The van der Waals surface area contributed by atoms with E-state index < -0.39 is 0 Å². The highest BCUT2D eigenvalue weighted by Gasteiger charge is 2.03. The second-order valence-electron chi connectivity index (χ2n) is 2.82. The molecule has 1 aromatic heterocycles. The van der Waals surface area contributed by atoms with Crippen LogP contribution in [0.2, 0.25) is 0 Å². The number of hydrogen-bond acceptors (Lipinski definition) is 1. The topological polar surface area (TPSA) is 13.1 Å². The fourth-order valence-corrected chi connectivity index (χ4v) is 1.31. The van der Waals surface area contributed by atoms with Crippen molar-refractivity contribution in [2.75, 3.05) is 0 Å². The number of rotatable bonds is 2. The van der Waals surface area contributed by atoms with Crippen LogP contribution in [-0.4, -0.2) is 0 Å². The quantitative estimate of drug-likeness (QED) is 0.719. The fourth-order valence-electron chi connectivity index (χ4n) is 0.905. The SMILES string of the molecule is CC(C)Cc1ccoc1Br. The molecular weight excluding hydrogens is 192 g/mol. The molecule has 0 amide bonds. The summed E-state index contributed by atoms with van der Waals surface area (Å²) in [6.07, 6.45) is 2.79. The molecule has 1 rings (SSSR count). The van der Waals surface area contributed by atoms with E-state index in [2.05, 4.69) is 29.8 Å². The Morgan fingerprint density at radius 2 is 2.30 bits per heavy atom. The largest absolute Gasteiger partial charge is 0.457 e. The second kappa shape index (κ2) is 3.24. The summed E-state index contributed by atoms with van der Waals surface area (Å²) in [5, 5.41) is 0. The van der Waals surface area contributed by atoms with Crippen LogP contribution in [0.1, 0.15) is 19.4 Å². The summed E-state index contributed by atoms with van der Waals surface area (Å²) < 4.78 is 5.96. The molecule has 0 fully saturated rings. The minimum absolute atomic E-state index is 0.689. The lowest BCUT2D eigenvalue weighted by molar-refractivity contribution is 0.531. The van der Waals surface area contributed by atoms with Crippen LogP contribution >= 0.6 is 15.9 Å². The van der Waals surface area contributed by atoms with E-state index in [4.69, 9.17) is 4.42 Å². The minimum Gasteiger partial charge on any atom is -0.457 e. The van der Waals surface area contributed by atoms with Crippen LogP contribution in [0.3, 0.4) is 0 Å². The molecule has 56 valence electrons. The molecule has 10 heavy (non-hydrogen) atoms. The Kier molecular flexibility index (Phi) is 2.55. The maximum atomic E-state index is 5.08. The van der Waals surface area contributed by atoms with Crippen molar-refractivity contribution in [1.29, 1.82) is 0 Å². The molecule has 0 saturated heterocycles. The van der Waals surface area contributed by atoms with Gasteiger partial charge in [-0.05, 0) is 34.3 Å². The number of halogens is 1. The second-order valence-corrected chi connectivity index (χ2v) is 3.54. The van der Waals surface area contributed by atoms with E-state index in [1.165, 1.54) is 5.56 Å². The third kappa shape index (κ3) is 1.87. The summed E-state index contributed by atoms with van der Waals surface area (Å²) >= 11 is 3.33. The van der Waals surface area contributed by atoms with Gasteiger partial charge >= 0.3 is 0 Å². The standard InChI is InChI=1S/C8H11BrO/c1-6(2)5-7-3-4-10-8(7)9/h3-4,6H,5H2,1-2H3. The Morgan fingerprint density at radius 1 is 1.60 bits per heavy atom. The zero-order valence-corrected chi connectivity index (χ0v) is 7.81. The van der Waals surface area contributed by atoms with Crippen molar-refractivity contribution in [3.8, 4) is 0 Å². The molecule has 0 aliphatic heterocycles.